The largest absolute Gasteiger partial charge is 0.494 e. The number of ether oxygens (including phenoxy) is 1. The number of amides is 1. The highest BCUT2D eigenvalue weighted by molar-refractivity contribution is 7.80. The van der Waals surface area contributed by atoms with Crippen LogP contribution in [0.15, 0.2) is 77.3 Å². The second-order valence-electron chi connectivity index (χ2n) is 9.39. The molecule has 4 N–H and O–H groups in total. The lowest BCUT2D eigenvalue weighted by molar-refractivity contribution is -0.115. The summed E-state index contributed by atoms with van der Waals surface area (Å²) in [5, 5.41) is 25.6. The molecule has 2 aromatic heterocycles. The van der Waals surface area contributed by atoms with Crippen LogP contribution in [0.4, 0.5) is 11.4 Å². The van der Waals surface area contributed by atoms with Gasteiger partial charge in [0.05, 0.1) is 35.7 Å². The summed E-state index contributed by atoms with van der Waals surface area (Å²) in [5.41, 5.74) is 1.80. The Bertz CT molecular complexity index is 1660. The van der Waals surface area contributed by atoms with Gasteiger partial charge < -0.3 is 34.9 Å². The molecule has 11 nitrogen and oxygen atoms in total. The molecule has 0 spiro atoms. The first-order valence-electron chi connectivity index (χ1n) is 12.9. The zero-order valence-electron chi connectivity index (χ0n) is 22.5. The van der Waals surface area contributed by atoms with Crippen LogP contribution in [0.5, 0.6) is 5.75 Å². The number of carbonyl (C=O) groups excluding carboxylic acids is 1. The minimum atomic E-state index is -1.26. The molecule has 42 heavy (non-hydrogen) atoms. The van der Waals surface area contributed by atoms with Crippen molar-refractivity contribution in [1.82, 2.24) is 10.3 Å². The van der Waals surface area contributed by atoms with E-state index in [-0.39, 0.29) is 22.8 Å². The van der Waals surface area contributed by atoms with Gasteiger partial charge >= 0.3 is 11.9 Å². The number of thiocarbonyl (C=S) groups is 1. The molecule has 214 valence electrons. The maximum absolute atomic E-state index is 12.0. The predicted octanol–water partition coefficient (Wildman–Crippen LogP) is 5.27. The number of carboxylic acid groups (broad SMARTS) is 2. The Hall–Kier alpha value is -5.23. The van der Waals surface area contributed by atoms with Crippen molar-refractivity contribution in [3.05, 3.63) is 95.5 Å². The van der Waals surface area contributed by atoms with E-state index in [4.69, 9.17) is 21.4 Å². The Balaban J connectivity index is 1.60. The highest BCUT2D eigenvalue weighted by Crippen LogP contribution is 2.44. The van der Waals surface area contributed by atoms with E-state index in [1.54, 1.807) is 49.5 Å². The van der Waals surface area contributed by atoms with E-state index in [0.717, 1.165) is 6.07 Å². The number of benzene rings is 2. The predicted molar refractivity (Wildman–Crippen MR) is 158 cm³/mol. The van der Waals surface area contributed by atoms with Crippen LogP contribution in [0, 0.1) is 0 Å². The van der Waals surface area contributed by atoms with Gasteiger partial charge in [-0.1, -0.05) is 13.0 Å². The molecule has 2 atom stereocenters. The second kappa shape index (κ2) is 11.7. The number of anilines is 2. The highest BCUT2D eigenvalue weighted by Gasteiger charge is 2.43. The van der Waals surface area contributed by atoms with E-state index in [0.29, 0.717) is 45.7 Å². The van der Waals surface area contributed by atoms with Crippen molar-refractivity contribution >= 4 is 46.6 Å². The number of pyridine rings is 1. The maximum Gasteiger partial charge on any atom is 0.335 e. The number of hydrogen-bond acceptors (Lipinski definition) is 7. The lowest BCUT2D eigenvalue weighted by Crippen LogP contribution is -2.29. The van der Waals surface area contributed by atoms with E-state index in [1.807, 2.05) is 17.0 Å². The third-order valence-corrected chi connectivity index (χ3v) is 7.10. The van der Waals surface area contributed by atoms with Gasteiger partial charge in [-0.2, -0.15) is 0 Å². The number of methoxy groups -OCH3 is 1. The molecule has 1 aliphatic rings. The third kappa shape index (κ3) is 5.52. The summed E-state index contributed by atoms with van der Waals surface area (Å²) in [5.74, 6) is -1.50. The molecule has 1 amide bonds. The monoisotopic (exact) mass is 586 g/mol. The molecule has 1 fully saturated rings. The summed E-state index contributed by atoms with van der Waals surface area (Å²) in [6.45, 7) is 1.75. The van der Waals surface area contributed by atoms with Crippen molar-refractivity contribution in [3.8, 4) is 17.1 Å². The summed E-state index contributed by atoms with van der Waals surface area (Å²) >= 11 is 5.77. The second-order valence-corrected chi connectivity index (χ2v) is 9.78. The lowest BCUT2D eigenvalue weighted by Gasteiger charge is -2.27. The van der Waals surface area contributed by atoms with Gasteiger partial charge in [-0.3, -0.25) is 9.78 Å². The molecule has 0 aliphatic carbocycles. The molecule has 1 saturated heterocycles. The van der Waals surface area contributed by atoms with Crippen molar-refractivity contribution < 1.29 is 33.8 Å². The topological polar surface area (TPSA) is 154 Å². The van der Waals surface area contributed by atoms with Crippen molar-refractivity contribution in [3.63, 3.8) is 0 Å². The van der Waals surface area contributed by atoms with Gasteiger partial charge in [0.1, 0.15) is 23.3 Å². The zero-order chi connectivity index (χ0) is 30.0. The van der Waals surface area contributed by atoms with Gasteiger partial charge in [-0.15, -0.1) is 0 Å². The molecular formula is C30H26N4O7S. The van der Waals surface area contributed by atoms with Crippen LogP contribution < -0.4 is 20.3 Å². The summed E-state index contributed by atoms with van der Waals surface area (Å²) in [6.07, 6.45) is 1.98. The SMILES string of the molecule is CCC(=O)Nc1ccc(N2C(=S)N[C@H](c3ccccn3)[C@H]2c2ccc(-c3cc(C(=O)O)cc(C(=O)O)c3)o2)cc1OC. The van der Waals surface area contributed by atoms with Gasteiger partial charge in [0.15, 0.2) is 5.11 Å². The molecule has 0 unspecified atom stereocenters. The molecule has 4 aromatic rings. The van der Waals surface area contributed by atoms with Crippen LogP contribution in [0.1, 0.15) is 57.6 Å². The van der Waals surface area contributed by atoms with Gasteiger partial charge in [-0.25, -0.2) is 9.59 Å². The average molecular weight is 587 g/mol. The Kier molecular flexibility index (Phi) is 7.89. The number of nitrogens with one attached hydrogen (secondary N) is 2. The van der Waals surface area contributed by atoms with Crippen LogP contribution in [0.3, 0.4) is 0 Å². The van der Waals surface area contributed by atoms with Crippen molar-refractivity contribution in [1.29, 1.82) is 0 Å². The summed E-state index contributed by atoms with van der Waals surface area (Å²) in [6, 6.07) is 17.0. The Morgan fingerprint density at radius 1 is 1.05 bits per heavy atom. The van der Waals surface area contributed by atoms with Gasteiger partial charge in [0.25, 0.3) is 0 Å². The molecule has 3 heterocycles. The fourth-order valence-corrected chi connectivity index (χ4v) is 5.12. The van der Waals surface area contributed by atoms with E-state index >= 15 is 0 Å². The number of aromatic nitrogens is 1. The molecule has 12 heteroatoms. The van der Waals surface area contributed by atoms with E-state index in [2.05, 4.69) is 15.6 Å². The van der Waals surface area contributed by atoms with Gasteiger partial charge in [0, 0.05) is 29.9 Å². The van der Waals surface area contributed by atoms with Crippen LogP contribution in [-0.2, 0) is 4.79 Å². The molecule has 0 bridgehead atoms. The highest BCUT2D eigenvalue weighted by atomic mass is 32.1. The van der Waals surface area contributed by atoms with Gasteiger partial charge in [0.2, 0.25) is 5.91 Å². The average Bonchev–Trinajstić information content (AvgIpc) is 3.62. The fourth-order valence-electron chi connectivity index (χ4n) is 4.78. The number of rotatable bonds is 9. The molecular weight excluding hydrogens is 560 g/mol. The Labute approximate surface area is 245 Å². The normalized spacial score (nSPS) is 16.1. The molecule has 0 radical (unpaired) electrons. The van der Waals surface area contributed by atoms with Crippen LogP contribution in [0.25, 0.3) is 11.3 Å². The van der Waals surface area contributed by atoms with Crippen LogP contribution in [-0.4, -0.2) is 45.3 Å². The third-order valence-electron chi connectivity index (χ3n) is 6.79. The van der Waals surface area contributed by atoms with E-state index in [9.17, 15) is 24.6 Å². The first-order chi connectivity index (χ1) is 20.2. The fraction of sp³-hybridized carbons (Fsp3) is 0.167. The van der Waals surface area contributed by atoms with Gasteiger partial charge in [-0.05, 0) is 66.8 Å². The zero-order valence-corrected chi connectivity index (χ0v) is 23.3. The molecule has 2 aromatic carbocycles. The quantitative estimate of drug-likeness (QED) is 0.190. The lowest BCUT2D eigenvalue weighted by atomic mass is 10.0. The number of aromatic carboxylic acids is 2. The van der Waals surface area contributed by atoms with Crippen molar-refractivity contribution in [2.45, 2.75) is 25.4 Å². The number of hydrogen-bond donors (Lipinski definition) is 4. The molecule has 1 aliphatic heterocycles. The first kappa shape index (κ1) is 28.3. The smallest absolute Gasteiger partial charge is 0.335 e. The minimum absolute atomic E-state index is 0.159. The van der Waals surface area contributed by atoms with Crippen molar-refractivity contribution in [2.24, 2.45) is 0 Å². The maximum atomic E-state index is 12.0. The summed E-state index contributed by atoms with van der Waals surface area (Å²) in [7, 11) is 1.50. The first-order valence-corrected chi connectivity index (χ1v) is 13.3. The number of carboxylic acids is 2. The van der Waals surface area contributed by atoms with Crippen LogP contribution >= 0.6 is 12.2 Å². The minimum Gasteiger partial charge on any atom is -0.494 e. The summed E-state index contributed by atoms with van der Waals surface area (Å²) < 4.78 is 11.8. The van der Waals surface area contributed by atoms with E-state index in [1.165, 1.54) is 19.2 Å². The Morgan fingerprint density at radius 2 is 1.79 bits per heavy atom. The Morgan fingerprint density at radius 3 is 2.40 bits per heavy atom. The standard InChI is InChI=1S/C30H26N4O7S/c1-3-25(35)32-20-8-7-19(15-24(20)40-2)34-27(26(33-30(34)42)21-6-4-5-11-31-21)23-10-9-22(41-23)16-12-17(28(36)37)14-18(13-16)29(38)39/h4-15,26-27H,3H2,1-2H3,(H,32,35)(H,33,42)(H,36,37)(H,38,39)/t26-,27-/m1/s1. The number of carbonyl (C=O) groups is 3. The number of nitrogens with zero attached hydrogens (tertiary/aromatic N) is 2. The number of furan rings is 1. The molecule has 0 saturated carbocycles. The summed E-state index contributed by atoms with van der Waals surface area (Å²) in [4.78, 5) is 41.7. The molecule has 5 rings (SSSR count). The van der Waals surface area contributed by atoms with Crippen molar-refractivity contribution in [2.75, 3.05) is 17.3 Å². The van der Waals surface area contributed by atoms with E-state index < -0.39 is 24.0 Å². The van der Waals surface area contributed by atoms with Crippen LogP contribution in [0.2, 0.25) is 0 Å².